The van der Waals surface area contributed by atoms with E-state index >= 15 is 0 Å². The average molecular weight is 322 g/mol. The van der Waals surface area contributed by atoms with Crippen LogP contribution in [-0.2, 0) is 0 Å². The molecule has 0 aromatic carbocycles. The molecular formula is C15H25F3N2O2. The van der Waals surface area contributed by atoms with E-state index in [2.05, 4.69) is 12.2 Å². The maximum Gasteiger partial charge on any atom is 0.417 e. The average Bonchev–Trinajstić information content (AvgIpc) is 2.47. The first kappa shape index (κ1) is 17.4. The molecule has 0 aromatic rings. The molecule has 0 aromatic heterocycles. The number of hydrogen-bond acceptors (Lipinski definition) is 2. The Morgan fingerprint density at radius 1 is 1.27 bits per heavy atom. The van der Waals surface area contributed by atoms with Crippen molar-refractivity contribution in [3.63, 3.8) is 0 Å². The summed E-state index contributed by atoms with van der Waals surface area (Å²) in [5, 5.41) is 12.6. The molecule has 1 aliphatic carbocycles. The van der Waals surface area contributed by atoms with Gasteiger partial charge in [0, 0.05) is 32.0 Å². The highest BCUT2D eigenvalue weighted by atomic mass is 19.4. The minimum absolute atomic E-state index is 0.0641. The fourth-order valence-corrected chi connectivity index (χ4v) is 3.50. The number of alkyl halides is 3. The third-order valence-electron chi connectivity index (χ3n) is 5.15. The first-order valence-electron chi connectivity index (χ1n) is 8.11. The summed E-state index contributed by atoms with van der Waals surface area (Å²) in [6, 6.07) is -0.177. The van der Waals surface area contributed by atoms with E-state index in [1.165, 1.54) is 11.3 Å². The lowest BCUT2D eigenvalue weighted by atomic mass is 9.83. The highest BCUT2D eigenvalue weighted by Gasteiger charge is 2.55. The van der Waals surface area contributed by atoms with Gasteiger partial charge in [-0.1, -0.05) is 26.2 Å². The van der Waals surface area contributed by atoms with Crippen LogP contribution in [0.2, 0.25) is 0 Å². The zero-order valence-electron chi connectivity index (χ0n) is 13.0. The third-order valence-corrected chi connectivity index (χ3v) is 5.15. The van der Waals surface area contributed by atoms with Crippen molar-refractivity contribution in [3.05, 3.63) is 0 Å². The molecule has 1 saturated heterocycles. The molecule has 2 atom stereocenters. The summed E-state index contributed by atoms with van der Waals surface area (Å²) in [5.41, 5.74) is -2.65. The van der Waals surface area contributed by atoms with Gasteiger partial charge in [0.05, 0.1) is 0 Å². The Kier molecular flexibility index (Phi) is 5.25. The fourth-order valence-electron chi connectivity index (χ4n) is 3.50. The molecule has 22 heavy (non-hydrogen) atoms. The standard InChI is InChI=1S/C15H25F3N2O2/c1-2-11-5-3-4-6-12(11)19-13(21)20-9-7-14(22,8-10-20)15(16,17)18/h11-12,22H,2-10H2,1H3,(H,19,21). The van der Waals surface area contributed by atoms with Gasteiger partial charge in [-0.2, -0.15) is 13.2 Å². The van der Waals surface area contributed by atoms with Crippen LogP contribution in [0.25, 0.3) is 0 Å². The number of carbonyl (C=O) groups excluding carboxylic acids is 1. The molecule has 1 aliphatic heterocycles. The van der Waals surface area contributed by atoms with Crippen LogP contribution in [0, 0.1) is 5.92 Å². The topological polar surface area (TPSA) is 52.6 Å². The second-order valence-electron chi connectivity index (χ2n) is 6.53. The van der Waals surface area contributed by atoms with Gasteiger partial charge in [0.1, 0.15) is 0 Å². The van der Waals surface area contributed by atoms with Gasteiger partial charge in [0.2, 0.25) is 0 Å². The maximum atomic E-state index is 12.8. The van der Waals surface area contributed by atoms with Gasteiger partial charge in [0.25, 0.3) is 0 Å². The van der Waals surface area contributed by atoms with Gasteiger partial charge in [-0.15, -0.1) is 0 Å². The van der Waals surface area contributed by atoms with Crippen molar-refractivity contribution in [3.8, 4) is 0 Å². The summed E-state index contributed by atoms with van der Waals surface area (Å²) in [5.74, 6) is 0.453. The maximum absolute atomic E-state index is 12.8. The quantitative estimate of drug-likeness (QED) is 0.821. The molecule has 2 aliphatic rings. The summed E-state index contributed by atoms with van der Waals surface area (Å²) in [6.45, 7) is 1.97. The van der Waals surface area contributed by atoms with E-state index in [-0.39, 0.29) is 25.2 Å². The van der Waals surface area contributed by atoms with Gasteiger partial charge in [-0.25, -0.2) is 4.79 Å². The Morgan fingerprint density at radius 3 is 2.41 bits per heavy atom. The molecular weight excluding hydrogens is 297 g/mol. The minimum Gasteiger partial charge on any atom is -0.380 e. The molecule has 1 saturated carbocycles. The van der Waals surface area contributed by atoms with Crippen LogP contribution in [0.5, 0.6) is 0 Å². The highest BCUT2D eigenvalue weighted by Crippen LogP contribution is 2.38. The number of rotatable bonds is 2. The van der Waals surface area contributed by atoms with Gasteiger partial charge < -0.3 is 15.3 Å². The number of aliphatic hydroxyl groups is 1. The molecule has 2 N–H and O–H groups in total. The van der Waals surface area contributed by atoms with E-state index in [1.807, 2.05) is 0 Å². The largest absolute Gasteiger partial charge is 0.417 e. The van der Waals surface area contributed by atoms with E-state index < -0.39 is 24.6 Å². The first-order chi connectivity index (χ1) is 10.3. The molecule has 0 radical (unpaired) electrons. The van der Waals surface area contributed by atoms with Crippen LogP contribution in [-0.4, -0.2) is 46.9 Å². The molecule has 2 unspecified atom stereocenters. The predicted octanol–water partition coefficient (Wildman–Crippen LogP) is 3.05. The van der Waals surface area contributed by atoms with Crippen LogP contribution in [0.3, 0.4) is 0 Å². The van der Waals surface area contributed by atoms with Gasteiger partial charge in [0.15, 0.2) is 5.60 Å². The molecule has 128 valence electrons. The molecule has 7 heteroatoms. The first-order valence-corrected chi connectivity index (χ1v) is 8.11. The van der Waals surface area contributed by atoms with Crippen molar-refractivity contribution in [1.82, 2.24) is 10.2 Å². The number of urea groups is 1. The molecule has 2 amide bonds. The van der Waals surface area contributed by atoms with E-state index in [0.29, 0.717) is 5.92 Å². The molecule has 0 bridgehead atoms. The summed E-state index contributed by atoms with van der Waals surface area (Å²) >= 11 is 0. The van der Waals surface area contributed by atoms with Crippen LogP contribution >= 0.6 is 0 Å². The lowest BCUT2D eigenvalue weighted by Gasteiger charge is -2.40. The number of halogens is 3. The number of nitrogens with one attached hydrogen (secondary N) is 1. The number of piperidine rings is 1. The summed E-state index contributed by atoms with van der Waals surface area (Å²) < 4.78 is 38.3. The molecule has 0 spiro atoms. The Bertz CT molecular complexity index is 393. The third kappa shape index (κ3) is 3.67. The smallest absolute Gasteiger partial charge is 0.380 e. The number of hydrogen-bond donors (Lipinski definition) is 2. The Hall–Kier alpha value is -0.980. The zero-order chi connectivity index (χ0) is 16.4. The molecule has 2 rings (SSSR count). The Labute approximate surface area is 129 Å². The van der Waals surface area contributed by atoms with Crippen molar-refractivity contribution in [2.24, 2.45) is 5.92 Å². The van der Waals surface area contributed by atoms with E-state index in [0.717, 1.165) is 25.7 Å². The Balaban J connectivity index is 1.87. The van der Waals surface area contributed by atoms with E-state index in [1.54, 1.807) is 0 Å². The highest BCUT2D eigenvalue weighted by molar-refractivity contribution is 5.74. The number of amides is 2. The predicted molar refractivity (Wildman–Crippen MR) is 76.4 cm³/mol. The van der Waals surface area contributed by atoms with Crippen molar-refractivity contribution < 1.29 is 23.1 Å². The van der Waals surface area contributed by atoms with E-state index in [9.17, 15) is 23.1 Å². The van der Waals surface area contributed by atoms with Gasteiger partial charge in [-0.05, 0) is 18.8 Å². The summed E-state index contributed by atoms with van der Waals surface area (Å²) in [4.78, 5) is 13.6. The molecule has 4 nitrogen and oxygen atoms in total. The Morgan fingerprint density at radius 2 is 1.86 bits per heavy atom. The van der Waals surface area contributed by atoms with Crippen LogP contribution in [0.4, 0.5) is 18.0 Å². The zero-order valence-corrected chi connectivity index (χ0v) is 13.0. The minimum atomic E-state index is -4.63. The normalized spacial score (nSPS) is 29.2. The van der Waals surface area contributed by atoms with Gasteiger partial charge >= 0.3 is 12.2 Å². The van der Waals surface area contributed by atoms with Crippen LogP contribution in [0.15, 0.2) is 0 Å². The summed E-state index contributed by atoms with van der Waals surface area (Å²) in [6.07, 6.45) is -0.259. The van der Waals surface area contributed by atoms with Crippen molar-refractivity contribution in [2.75, 3.05) is 13.1 Å². The van der Waals surface area contributed by atoms with Crippen LogP contribution < -0.4 is 5.32 Å². The van der Waals surface area contributed by atoms with E-state index in [4.69, 9.17) is 0 Å². The second-order valence-corrected chi connectivity index (χ2v) is 6.53. The van der Waals surface area contributed by atoms with Crippen molar-refractivity contribution in [1.29, 1.82) is 0 Å². The lowest BCUT2D eigenvalue weighted by molar-refractivity contribution is -0.271. The lowest BCUT2D eigenvalue weighted by Crippen LogP contribution is -2.57. The van der Waals surface area contributed by atoms with Gasteiger partial charge in [-0.3, -0.25) is 0 Å². The number of likely N-dealkylation sites (tertiary alicyclic amines) is 1. The second kappa shape index (κ2) is 6.64. The summed E-state index contributed by atoms with van der Waals surface area (Å²) in [7, 11) is 0. The SMILES string of the molecule is CCC1CCCCC1NC(=O)N1CCC(O)(C(F)(F)F)CC1. The number of carbonyl (C=O) groups is 1. The van der Waals surface area contributed by atoms with Crippen molar-refractivity contribution in [2.45, 2.75) is 69.7 Å². The number of nitrogens with zero attached hydrogens (tertiary/aromatic N) is 1. The fraction of sp³-hybridized carbons (Fsp3) is 0.933. The van der Waals surface area contributed by atoms with Crippen molar-refractivity contribution >= 4 is 6.03 Å². The molecule has 2 fully saturated rings. The molecule has 1 heterocycles. The monoisotopic (exact) mass is 322 g/mol. The van der Waals surface area contributed by atoms with Crippen LogP contribution in [0.1, 0.15) is 51.9 Å².